The first-order valence-electron chi connectivity index (χ1n) is 6.94. The van der Waals surface area contributed by atoms with E-state index in [0.717, 1.165) is 18.9 Å². The summed E-state index contributed by atoms with van der Waals surface area (Å²) in [5.41, 5.74) is 0.00472. The van der Waals surface area contributed by atoms with Crippen molar-refractivity contribution in [2.24, 2.45) is 5.92 Å². The van der Waals surface area contributed by atoms with Gasteiger partial charge in [-0.1, -0.05) is 33.1 Å². The second kappa shape index (κ2) is 6.61. The molecule has 2 unspecified atom stereocenters. The molecule has 2 atom stereocenters. The summed E-state index contributed by atoms with van der Waals surface area (Å²) < 4.78 is 5.75. The van der Waals surface area contributed by atoms with Crippen molar-refractivity contribution in [1.82, 2.24) is 5.32 Å². The number of ether oxygens (including phenoxy) is 1. The highest BCUT2D eigenvalue weighted by Gasteiger charge is 2.34. The van der Waals surface area contributed by atoms with Crippen LogP contribution in [-0.2, 0) is 4.74 Å². The Labute approximate surface area is 101 Å². The number of rotatable bonds is 8. The van der Waals surface area contributed by atoms with Gasteiger partial charge in [0, 0.05) is 13.2 Å². The largest absolute Gasteiger partial charge is 0.377 e. The van der Waals surface area contributed by atoms with Crippen LogP contribution in [-0.4, -0.2) is 25.3 Å². The number of hydrogen-bond donors (Lipinski definition) is 1. The Morgan fingerprint density at radius 3 is 2.44 bits per heavy atom. The van der Waals surface area contributed by atoms with Crippen LogP contribution in [0.2, 0.25) is 0 Å². The van der Waals surface area contributed by atoms with Gasteiger partial charge in [0.2, 0.25) is 0 Å². The van der Waals surface area contributed by atoms with E-state index in [1.807, 2.05) is 7.11 Å². The summed E-state index contributed by atoms with van der Waals surface area (Å²) in [5.74, 6) is 0.940. The van der Waals surface area contributed by atoms with Gasteiger partial charge >= 0.3 is 0 Å². The van der Waals surface area contributed by atoms with Gasteiger partial charge in [0.15, 0.2) is 0 Å². The molecule has 1 aliphatic rings. The maximum Gasteiger partial charge on any atom is 0.0800 e. The molecule has 1 N–H and O–H groups in total. The molecule has 0 aromatic rings. The maximum absolute atomic E-state index is 5.75. The van der Waals surface area contributed by atoms with E-state index in [9.17, 15) is 0 Å². The summed E-state index contributed by atoms with van der Waals surface area (Å²) >= 11 is 0. The number of methoxy groups -OCH3 is 1. The molecular weight excluding hydrogens is 198 g/mol. The lowest BCUT2D eigenvalue weighted by atomic mass is 9.76. The summed E-state index contributed by atoms with van der Waals surface area (Å²) in [4.78, 5) is 0. The lowest BCUT2D eigenvalue weighted by molar-refractivity contribution is -0.0380. The Hall–Kier alpha value is -0.0800. The first-order valence-corrected chi connectivity index (χ1v) is 6.94. The fourth-order valence-corrected chi connectivity index (χ4v) is 2.46. The molecule has 0 heterocycles. The van der Waals surface area contributed by atoms with E-state index in [1.165, 1.54) is 32.1 Å². The third-order valence-corrected chi connectivity index (χ3v) is 4.34. The van der Waals surface area contributed by atoms with Crippen LogP contribution in [0.5, 0.6) is 0 Å². The lowest BCUT2D eigenvalue weighted by Crippen LogP contribution is -2.51. The Balaban J connectivity index is 2.52. The minimum absolute atomic E-state index is 0.00472. The molecule has 0 aliphatic heterocycles. The van der Waals surface area contributed by atoms with E-state index in [0.29, 0.717) is 6.04 Å². The zero-order valence-corrected chi connectivity index (χ0v) is 11.5. The SMILES string of the molecule is CCCNC(CC1CCC1)C(C)(CC)OC. The zero-order chi connectivity index (χ0) is 12.0. The van der Waals surface area contributed by atoms with E-state index < -0.39 is 0 Å². The topological polar surface area (TPSA) is 21.3 Å². The van der Waals surface area contributed by atoms with Gasteiger partial charge in [-0.05, 0) is 38.6 Å². The first kappa shape index (κ1) is 14.0. The normalized spacial score (nSPS) is 22.5. The van der Waals surface area contributed by atoms with E-state index in [2.05, 4.69) is 26.1 Å². The summed E-state index contributed by atoms with van der Waals surface area (Å²) in [5, 5.41) is 3.69. The molecular formula is C14H29NO. The molecule has 0 aromatic heterocycles. The van der Waals surface area contributed by atoms with Crippen molar-refractivity contribution in [3.05, 3.63) is 0 Å². The zero-order valence-electron chi connectivity index (χ0n) is 11.5. The van der Waals surface area contributed by atoms with E-state index in [-0.39, 0.29) is 5.60 Å². The smallest absolute Gasteiger partial charge is 0.0800 e. The van der Waals surface area contributed by atoms with Crippen molar-refractivity contribution in [3.8, 4) is 0 Å². The van der Waals surface area contributed by atoms with Crippen LogP contribution in [0.3, 0.4) is 0 Å². The highest BCUT2D eigenvalue weighted by molar-refractivity contribution is 4.91. The van der Waals surface area contributed by atoms with Gasteiger partial charge in [0.1, 0.15) is 0 Å². The molecule has 0 saturated heterocycles. The van der Waals surface area contributed by atoms with Gasteiger partial charge in [0.25, 0.3) is 0 Å². The molecule has 0 aromatic carbocycles. The summed E-state index contributed by atoms with van der Waals surface area (Å²) in [7, 11) is 1.85. The van der Waals surface area contributed by atoms with Gasteiger partial charge in [-0.2, -0.15) is 0 Å². The summed E-state index contributed by atoms with van der Waals surface area (Å²) in [6.45, 7) is 7.81. The average Bonchev–Trinajstić information content (AvgIpc) is 2.26. The Morgan fingerprint density at radius 1 is 1.38 bits per heavy atom. The van der Waals surface area contributed by atoms with Gasteiger partial charge < -0.3 is 10.1 Å². The van der Waals surface area contributed by atoms with Crippen molar-refractivity contribution in [2.45, 2.75) is 70.9 Å². The fraction of sp³-hybridized carbons (Fsp3) is 1.00. The Bertz CT molecular complexity index is 185. The third kappa shape index (κ3) is 3.46. The molecule has 16 heavy (non-hydrogen) atoms. The van der Waals surface area contributed by atoms with E-state index >= 15 is 0 Å². The minimum atomic E-state index is 0.00472. The highest BCUT2D eigenvalue weighted by atomic mass is 16.5. The molecule has 1 rings (SSSR count). The molecule has 0 amide bonds. The van der Waals surface area contributed by atoms with Crippen molar-refractivity contribution in [1.29, 1.82) is 0 Å². The molecule has 2 heteroatoms. The van der Waals surface area contributed by atoms with E-state index in [1.54, 1.807) is 0 Å². The number of hydrogen-bond acceptors (Lipinski definition) is 2. The van der Waals surface area contributed by atoms with Crippen molar-refractivity contribution in [2.75, 3.05) is 13.7 Å². The highest BCUT2D eigenvalue weighted by Crippen LogP contribution is 2.34. The molecule has 1 aliphatic carbocycles. The van der Waals surface area contributed by atoms with Crippen LogP contribution >= 0.6 is 0 Å². The molecule has 1 saturated carbocycles. The summed E-state index contributed by atoms with van der Waals surface area (Å²) in [6.07, 6.45) is 7.85. The van der Waals surface area contributed by atoms with Gasteiger partial charge in [-0.15, -0.1) is 0 Å². The number of nitrogens with one attached hydrogen (secondary N) is 1. The monoisotopic (exact) mass is 227 g/mol. The van der Waals surface area contributed by atoms with Crippen LogP contribution in [0.15, 0.2) is 0 Å². The standard InChI is InChI=1S/C14H29NO/c1-5-10-15-13(11-12-8-7-9-12)14(3,6-2)16-4/h12-13,15H,5-11H2,1-4H3. The first-order chi connectivity index (χ1) is 7.66. The Kier molecular flexibility index (Phi) is 5.77. The molecule has 0 radical (unpaired) electrons. The molecule has 1 fully saturated rings. The molecule has 0 bridgehead atoms. The molecule has 96 valence electrons. The summed E-state index contributed by atoms with van der Waals surface area (Å²) in [6, 6.07) is 0.521. The van der Waals surface area contributed by atoms with E-state index in [4.69, 9.17) is 4.74 Å². The predicted octanol–water partition coefficient (Wildman–Crippen LogP) is 3.36. The fourth-order valence-electron chi connectivity index (χ4n) is 2.46. The van der Waals surface area contributed by atoms with Crippen molar-refractivity contribution < 1.29 is 4.74 Å². The van der Waals surface area contributed by atoms with Crippen molar-refractivity contribution in [3.63, 3.8) is 0 Å². The van der Waals surface area contributed by atoms with Gasteiger partial charge in [-0.25, -0.2) is 0 Å². The predicted molar refractivity (Wildman–Crippen MR) is 69.7 cm³/mol. The van der Waals surface area contributed by atoms with Crippen LogP contribution in [0, 0.1) is 5.92 Å². The second-order valence-electron chi connectivity index (χ2n) is 5.41. The molecule has 2 nitrogen and oxygen atoms in total. The van der Waals surface area contributed by atoms with Crippen LogP contribution in [0.4, 0.5) is 0 Å². The molecule has 0 spiro atoms. The second-order valence-corrected chi connectivity index (χ2v) is 5.41. The third-order valence-electron chi connectivity index (χ3n) is 4.34. The van der Waals surface area contributed by atoms with Gasteiger partial charge in [0.05, 0.1) is 5.60 Å². The van der Waals surface area contributed by atoms with Crippen LogP contribution in [0.1, 0.15) is 59.3 Å². The van der Waals surface area contributed by atoms with Crippen molar-refractivity contribution >= 4 is 0 Å². The lowest BCUT2D eigenvalue weighted by Gasteiger charge is -2.40. The minimum Gasteiger partial charge on any atom is -0.377 e. The quantitative estimate of drug-likeness (QED) is 0.686. The van der Waals surface area contributed by atoms with Gasteiger partial charge in [-0.3, -0.25) is 0 Å². The van der Waals surface area contributed by atoms with Crippen LogP contribution < -0.4 is 5.32 Å². The average molecular weight is 227 g/mol. The Morgan fingerprint density at radius 2 is 2.06 bits per heavy atom. The van der Waals surface area contributed by atoms with Crippen LogP contribution in [0.25, 0.3) is 0 Å². The maximum atomic E-state index is 5.75.